The first-order valence-corrected chi connectivity index (χ1v) is 5.71. The molecule has 2 atom stereocenters. The van der Waals surface area contributed by atoms with Gasteiger partial charge in [-0.2, -0.15) is 11.8 Å². The highest BCUT2D eigenvalue weighted by Gasteiger charge is 2.31. The average Bonchev–Trinajstić information content (AvgIpc) is 2.16. The van der Waals surface area contributed by atoms with Crippen molar-refractivity contribution in [3.8, 4) is 0 Å². The quantitative estimate of drug-likeness (QED) is 0.650. The number of hydrogen-bond donors (Lipinski definition) is 2. The summed E-state index contributed by atoms with van der Waals surface area (Å²) in [6.45, 7) is 2.05. The van der Waals surface area contributed by atoms with Gasteiger partial charge >= 0.3 is 6.16 Å². The monoisotopic (exact) mass is 234 g/mol. The molecule has 1 fully saturated rings. The first kappa shape index (κ1) is 12.1. The molecule has 1 heterocycles. The fourth-order valence-electron chi connectivity index (χ4n) is 1.31. The second kappa shape index (κ2) is 5.22. The van der Waals surface area contributed by atoms with Crippen LogP contribution in [0.4, 0.5) is 4.79 Å². The van der Waals surface area contributed by atoms with Gasteiger partial charge in [-0.1, -0.05) is 0 Å². The second-order valence-corrected chi connectivity index (χ2v) is 4.38. The molecule has 1 aliphatic heterocycles. The third-order valence-corrected chi connectivity index (χ3v) is 2.99. The molecule has 86 valence electrons. The van der Waals surface area contributed by atoms with E-state index in [-0.39, 0.29) is 5.91 Å². The zero-order chi connectivity index (χ0) is 11.4. The predicted molar refractivity (Wildman–Crippen MR) is 55.6 cm³/mol. The summed E-state index contributed by atoms with van der Waals surface area (Å²) >= 11 is 1.55. The van der Waals surface area contributed by atoms with Crippen LogP contribution in [0.3, 0.4) is 0 Å². The fraction of sp³-hybridized carbons (Fsp3) is 0.750. The van der Waals surface area contributed by atoms with E-state index in [9.17, 15) is 9.59 Å². The highest BCUT2D eigenvalue weighted by atomic mass is 32.2. The molecule has 0 aliphatic carbocycles. The van der Waals surface area contributed by atoms with Crippen molar-refractivity contribution in [1.82, 2.24) is 4.90 Å². The summed E-state index contributed by atoms with van der Waals surface area (Å²) in [5.74, 6) is 0.962. The lowest BCUT2D eigenvalue weighted by molar-refractivity contribution is -0.141. The molecule has 6 nitrogen and oxygen atoms in total. The Morgan fingerprint density at radius 1 is 1.67 bits per heavy atom. The Bertz CT molecular complexity index is 259. The van der Waals surface area contributed by atoms with Gasteiger partial charge in [0.25, 0.3) is 0 Å². The SMILES string of the molecule is C[C@H](N)C(=O)N1CCSCC1OC(=O)O. The molecule has 0 aromatic carbocycles. The van der Waals surface area contributed by atoms with Gasteiger partial charge in [-0.3, -0.25) is 4.79 Å². The summed E-state index contributed by atoms with van der Waals surface area (Å²) in [5.41, 5.74) is 5.46. The second-order valence-electron chi connectivity index (χ2n) is 3.23. The van der Waals surface area contributed by atoms with E-state index in [1.165, 1.54) is 4.90 Å². The number of carboxylic acid groups (broad SMARTS) is 1. The number of thioether (sulfide) groups is 1. The van der Waals surface area contributed by atoms with Crippen LogP contribution in [-0.2, 0) is 9.53 Å². The molecule has 0 radical (unpaired) electrons. The summed E-state index contributed by atoms with van der Waals surface area (Å²) in [7, 11) is 0. The molecule has 1 aliphatic rings. The number of amides is 1. The summed E-state index contributed by atoms with van der Waals surface area (Å²) < 4.78 is 4.62. The minimum absolute atomic E-state index is 0.276. The smallest absolute Gasteiger partial charge is 0.450 e. The Labute approximate surface area is 91.7 Å². The van der Waals surface area contributed by atoms with Crippen LogP contribution in [0.1, 0.15) is 6.92 Å². The Morgan fingerprint density at radius 2 is 2.33 bits per heavy atom. The summed E-state index contributed by atoms with van der Waals surface area (Å²) in [5, 5.41) is 8.50. The largest absolute Gasteiger partial charge is 0.507 e. The van der Waals surface area contributed by atoms with Crippen molar-refractivity contribution >= 4 is 23.8 Å². The standard InChI is InChI=1S/C8H14N2O4S/c1-5(9)7(11)10-2-3-15-4-6(10)14-8(12)13/h5-6H,2-4,9H2,1H3,(H,12,13)/t5-,6?/m0/s1. The number of rotatable bonds is 2. The predicted octanol–water partition coefficient (Wildman–Crippen LogP) is -0.0703. The lowest BCUT2D eigenvalue weighted by Gasteiger charge is -2.34. The number of ether oxygens (including phenoxy) is 1. The van der Waals surface area contributed by atoms with Gasteiger partial charge in [-0.15, -0.1) is 0 Å². The molecule has 1 unspecified atom stereocenters. The zero-order valence-corrected chi connectivity index (χ0v) is 9.20. The maximum atomic E-state index is 11.6. The lowest BCUT2D eigenvalue weighted by atomic mass is 10.3. The van der Waals surface area contributed by atoms with Gasteiger partial charge in [0, 0.05) is 12.3 Å². The van der Waals surface area contributed by atoms with Crippen LogP contribution in [0.5, 0.6) is 0 Å². The lowest BCUT2D eigenvalue weighted by Crippen LogP contribution is -2.53. The van der Waals surface area contributed by atoms with Gasteiger partial charge in [-0.25, -0.2) is 4.79 Å². The molecule has 1 rings (SSSR count). The molecular formula is C8H14N2O4S. The maximum absolute atomic E-state index is 11.6. The van der Waals surface area contributed by atoms with E-state index in [4.69, 9.17) is 10.8 Å². The van der Waals surface area contributed by atoms with E-state index in [0.717, 1.165) is 5.75 Å². The van der Waals surface area contributed by atoms with Crippen molar-refractivity contribution < 1.29 is 19.4 Å². The molecular weight excluding hydrogens is 220 g/mol. The molecule has 0 aromatic rings. The van der Waals surface area contributed by atoms with Crippen molar-refractivity contribution in [2.45, 2.75) is 19.2 Å². The van der Waals surface area contributed by atoms with Crippen molar-refractivity contribution in [3.63, 3.8) is 0 Å². The fourth-order valence-corrected chi connectivity index (χ4v) is 2.25. The molecule has 0 bridgehead atoms. The first-order valence-electron chi connectivity index (χ1n) is 4.55. The summed E-state index contributed by atoms with van der Waals surface area (Å²) in [6, 6.07) is -0.631. The molecule has 0 spiro atoms. The summed E-state index contributed by atoms with van der Waals surface area (Å²) in [4.78, 5) is 23.4. The maximum Gasteiger partial charge on any atom is 0.507 e. The summed E-state index contributed by atoms with van der Waals surface area (Å²) in [6.07, 6.45) is -2.08. The van der Waals surface area contributed by atoms with Gasteiger partial charge in [0.15, 0.2) is 6.23 Å². The highest BCUT2D eigenvalue weighted by Crippen LogP contribution is 2.18. The van der Waals surface area contributed by atoms with Gasteiger partial charge in [0.2, 0.25) is 5.91 Å². The minimum atomic E-state index is -1.37. The van der Waals surface area contributed by atoms with E-state index >= 15 is 0 Å². The Balaban J connectivity index is 2.65. The zero-order valence-electron chi connectivity index (χ0n) is 8.38. The van der Waals surface area contributed by atoms with Gasteiger partial charge in [0.1, 0.15) is 0 Å². The van der Waals surface area contributed by atoms with Crippen molar-refractivity contribution in [2.75, 3.05) is 18.1 Å². The van der Waals surface area contributed by atoms with E-state index in [0.29, 0.717) is 12.3 Å². The molecule has 0 aromatic heterocycles. The van der Waals surface area contributed by atoms with Crippen LogP contribution in [-0.4, -0.2) is 52.4 Å². The molecule has 15 heavy (non-hydrogen) atoms. The molecule has 7 heteroatoms. The van der Waals surface area contributed by atoms with Gasteiger partial charge in [-0.05, 0) is 6.92 Å². The minimum Gasteiger partial charge on any atom is -0.450 e. The van der Waals surface area contributed by atoms with E-state index < -0.39 is 18.4 Å². The normalized spacial score (nSPS) is 23.3. The average molecular weight is 234 g/mol. The van der Waals surface area contributed by atoms with Gasteiger partial charge < -0.3 is 20.5 Å². The molecule has 3 N–H and O–H groups in total. The van der Waals surface area contributed by atoms with Crippen LogP contribution in [0.2, 0.25) is 0 Å². The number of carbonyl (C=O) groups excluding carboxylic acids is 1. The number of carbonyl (C=O) groups is 2. The molecule has 1 amide bonds. The molecule has 0 saturated carbocycles. The Kier molecular flexibility index (Phi) is 4.22. The van der Waals surface area contributed by atoms with Crippen molar-refractivity contribution in [1.29, 1.82) is 0 Å². The van der Waals surface area contributed by atoms with E-state index in [1.54, 1.807) is 18.7 Å². The Hall–Kier alpha value is -0.950. The number of hydrogen-bond acceptors (Lipinski definition) is 5. The third kappa shape index (κ3) is 3.28. The number of nitrogens with two attached hydrogens (primary N) is 1. The molecule has 1 saturated heterocycles. The highest BCUT2D eigenvalue weighted by molar-refractivity contribution is 7.99. The van der Waals surface area contributed by atoms with Crippen LogP contribution in [0.25, 0.3) is 0 Å². The Morgan fingerprint density at radius 3 is 2.87 bits per heavy atom. The van der Waals surface area contributed by atoms with Crippen molar-refractivity contribution in [2.24, 2.45) is 5.73 Å². The van der Waals surface area contributed by atoms with Crippen LogP contribution >= 0.6 is 11.8 Å². The third-order valence-electron chi connectivity index (χ3n) is 1.99. The van der Waals surface area contributed by atoms with Crippen LogP contribution in [0, 0.1) is 0 Å². The van der Waals surface area contributed by atoms with E-state index in [1.807, 2.05) is 0 Å². The van der Waals surface area contributed by atoms with E-state index in [2.05, 4.69) is 4.74 Å². The van der Waals surface area contributed by atoms with Crippen LogP contribution < -0.4 is 5.73 Å². The first-order chi connectivity index (χ1) is 7.02. The topological polar surface area (TPSA) is 92.9 Å². The van der Waals surface area contributed by atoms with Gasteiger partial charge in [0.05, 0.1) is 11.8 Å². The number of nitrogens with zero attached hydrogens (tertiary/aromatic N) is 1. The van der Waals surface area contributed by atoms with Crippen molar-refractivity contribution in [3.05, 3.63) is 0 Å². The van der Waals surface area contributed by atoms with Crippen LogP contribution in [0.15, 0.2) is 0 Å².